The van der Waals surface area contributed by atoms with Crippen molar-refractivity contribution in [1.29, 1.82) is 0 Å². The summed E-state index contributed by atoms with van der Waals surface area (Å²) in [5.41, 5.74) is 7.74. The van der Waals surface area contributed by atoms with E-state index in [4.69, 9.17) is 5.73 Å². The van der Waals surface area contributed by atoms with Crippen molar-refractivity contribution >= 4 is 33.5 Å². The van der Waals surface area contributed by atoms with Crippen molar-refractivity contribution in [2.24, 2.45) is 0 Å². The molecule has 0 saturated carbocycles. The van der Waals surface area contributed by atoms with Crippen molar-refractivity contribution in [1.82, 2.24) is 0 Å². The number of hydrogen-bond acceptors (Lipinski definition) is 3. The summed E-state index contributed by atoms with van der Waals surface area (Å²) in [6.45, 7) is 14.9. The molecule has 0 aromatic carbocycles. The molecule has 0 atom stereocenters. The molecule has 0 radical (unpaired) electrons. The van der Waals surface area contributed by atoms with Gasteiger partial charge in [-0.3, -0.25) is 0 Å². The van der Waals surface area contributed by atoms with Crippen LogP contribution in [0.5, 0.6) is 0 Å². The first kappa shape index (κ1) is 16.5. The monoisotopic (exact) mass is 299 g/mol. The molecule has 1 heterocycles. The maximum Gasteiger partial charge on any atom is 0.339 e. The van der Waals surface area contributed by atoms with Crippen LogP contribution in [0.4, 0.5) is 5.00 Å². The van der Waals surface area contributed by atoms with E-state index < -0.39 is 5.97 Å². The fourth-order valence-electron chi connectivity index (χ4n) is 1.80. The fraction of sp³-hybridized carbons (Fsp3) is 0. The molecule has 0 aliphatic carbocycles. The second-order valence-corrected chi connectivity index (χ2v) is 5.08. The first-order valence-electron chi connectivity index (χ1n) is 6.07. The number of aromatic carboxylic acids is 1. The highest BCUT2D eigenvalue weighted by atomic mass is 32.1. The Kier molecular flexibility index (Phi) is 5.69. The molecular formula is C17H17NO2S. The zero-order valence-corrected chi connectivity index (χ0v) is 12.5. The number of nitrogens with two attached hydrogens (primary N) is 1. The smallest absolute Gasteiger partial charge is 0.339 e. The number of carboxylic acids is 1. The highest BCUT2D eigenvalue weighted by molar-refractivity contribution is 7.17. The number of hydrogen-bond donors (Lipinski definition) is 2. The van der Waals surface area contributed by atoms with E-state index in [-0.39, 0.29) is 10.6 Å². The third-order valence-electron chi connectivity index (χ3n) is 2.68. The molecule has 21 heavy (non-hydrogen) atoms. The molecule has 1 aromatic rings. The van der Waals surface area contributed by atoms with Crippen molar-refractivity contribution in [3.63, 3.8) is 0 Å². The van der Waals surface area contributed by atoms with Crippen molar-refractivity contribution in [3.05, 3.63) is 78.8 Å². The summed E-state index contributed by atoms with van der Waals surface area (Å²) >= 11 is 1.19. The molecule has 0 unspecified atom stereocenters. The van der Waals surface area contributed by atoms with Crippen LogP contribution in [0, 0.1) is 0 Å². The fourth-order valence-corrected chi connectivity index (χ4v) is 2.84. The average Bonchev–Trinajstić information content (AvgIpc) is 2.79. The van der Waals surface area contributed by atoms with Crippen LogP contribution in [-0.2, 0) is 0 Å². The Morgan fingerprint density at radius 3 is 2.33 bits per heavy atom. The van der Waals surface area contributed by atoms with Crippen LogP contribution in [0.2, 0.25) is 0 Å². The quantitative estimate of drug-likeness (QED) is 0.726. The van der Waals surface area contributed by atoms with E-state index in [1.807, 2.05) is 0 Å². The zero-order chi connectivity index (χ0) is 16.0. The minimum atomic E-state index is -1.08. The predicted molar refractivity (Wildman–Crippen MR) is 92.4 cm³/mol. The summed E-state index contributed by atoms with van der Waals surface area (Å²) in [5.74, 6) is -1.08. The highest BCUT2D eigenvalue weighted by Gasteiger charge is 2.24. The number of rotatable bonds is 7. The molecule has 0 bridgehead atoms. The van der Waals surface area contributed by atoms with Gasteiger partial charge in [0.1, 0.15) is 10.6 Å². The van der Waals surface area contributed by atoms with Gasteiger partial charge in [0.15, 0.2) is 0 Å². The number of thiophene rings is 1. The van der Waals surface area contributed by atoms with Gasteiger partial charge in [0.2, 0.25) is 0 Å². The number of allylic oxidation sites excluding steroid dienone is 8. The Bertz CT molecular complexity index is 675. The summed E-state index contributed by atoms with van der Waals surface area (Å²) in [6, 6.07) is 0. The van der Waals surface area contributed by atoms with E-state index >= 15 is 0 Å². The number of carbonyl (C=O) groups is 1. The van der Waals surface area contributed by atoms with Gasteiger partial charge in [-0.05, 0) is 11.1 Å². The van der Waals surface area contributed by atoms with E-state index in [0.29, 0.717) is 21.6 Å². The predicted octanol–water partition coefficient (Wildman–Crippen LogP) is 4.54. The second kappa shape index (κ2) is 7.26. The van der Waals surface area contributed by atoms with Crippen LogP contribution in [-0.4, -0.2) is 11.1 Å². The Balaban J connectivity index is 3.66. The van der Waals surface area contributed by atoms with Gasteiger partial charge in [0, 0.05) is 10.4 Å². The van der Waals surface area contributed by atoms with Gasteiger partial charge >= 0.3 is 5.97 Å². The van der Waals surface area contributed by atoms with E-state index in [1.165, 1.54) is 11.3 Å². The standard InChI is InChI=1S/C17H17NO2S/c1-5-8-10-11(4)15-13(12(7-3)9-6-2)14(17(19)20)16(18)21-15/h5-10H,1-4,18H2,(H,19,20)/b10-8-,12-9+. The van der Waals surface area contributed by atoms with Crippen LogP contribution in [0.3, 0.4) is 0 Å². The molecule has 3 nitrogen and oxygen atoms in total. The Morgan fingerprint density at radius 2 is 1.86 bits per heavy atom. The summed E-state index contributed by atoms with van der Waals surface area (Å²) in [5, 5.41) is 9.64. The van der Waals surface area contributed by atoms with Crippen molar-refractivity contribution < 1.29 is 9.90 Å². The molecule has 0 fully saturated rings. The molecule has 1 aromatic heterocycles. The SMILES string of the molecule is C=C/C=C\C(=C)c1sc(N)c(C(=O)O)c1/C(C=C)=C/C=C. The maximum absolute atomic E-state index is 11.5. The van der Waals surface area contributed by atoms with Crippen molar-refractivity contribution in [2.75, 3.05) is 5.73 Å². The molecule has 0 saturated heterocycles. The third kappa shape index (κ3) is 3.49. The Morgan fingerprint density at radius 1 is 1.19 bits per heavy atom. The topological polar surface area (TPSA) is 63.3 Å². The highest BCUT2D eigenvalue weighted by Crippen LogP contribution is 2.40. The minimum Gasteiger partial charge on any atom is -0.478 e. The summed E-state index contributed by atoms with van der Waals surface area (Å²) < 4.78 is 0. The van der Waals surface area contributed by atoms with Gasteiger partial charge in [-0.1, -0.05) is 62.8 Å². The lowest BCUT2D eigenvalue weighted by Crippen LogP contribution is -2.02. The lowest BCUT2D eigenvalue weighted by atomic mass is 9.98. The van der Waals surface area contributed by atoms with Crippen LogP contribution in [0.15, 0.2) is 62.8 Å². The van der Waals surface area contributed by atoms with Gasteiger partial charge in [-0.25, -0.2) is 4.79 Å². The molecule has 0 amide bonds. The van der Waals surface area contributed by atoms with E-state index in [1.54, 1.807) is 36.5 Å². The molecule has 1 rings (SSSR count). The summed E-state index contributed by atoms with van der Waals surface area (Å²) in [6.07, 6.45) is 9.93. The van der Waals surface area contributed by atoms with Gasteiger partial charge < -0.3 is 10.8 Å². The van der Waals surface area contributed by atoms with Gasteiger partial charge in [0.25, 0.3) is 0 Å². The molecule has 108 valence electrons. The first-order valence-corrected chi connectivity index (χ1v) is 6.89. The van der Waals surface area contributed by atoms with Crippen LogP contribution < -0.4 is 5.73 Å². The van der Waals surface area contributed by atoms with E-state index in [9.17, 15) is 9.90 Å². The van der Waals surface area contributed by atoms with Crippen LogP contribution in [0.1, 0.15) is 20.8 Å². The maximum atomic E-state index is 11.5. The zero-order valence-electron chi connectivity index (χ0n) is 11.6. The van der Waals surface area contributed by atoms with Crippen LogP contribution in [0.25, 0.3) is 11.1 Å². The lowest BCUT2D eigenvalue weighted by Gasteiger charge is -2.06. The minimum absolute atomic E-state index is 0.0659. The summed E-state index contributed by atoms with van der Waals surface area (Å²) in [4.78, 5) is 12.2. The van der Waals surface area contributed by atoms with Crippen LogP contribution >= 0.6 is 11.3 Å². The normalized spacial score (nSPS) is 11.3. The second-order valence-electron chi connectivity index (χ2n) is 4.03. The van der Waals surface area contributed by atoms with Crippen molar-refractivity contribution in [2.45, 2.75) is 0 Å². The molecule has 3 N–H and O–H groups in total. The lowest BCUT2D eigenvalue weighted by molar-refractivity contribution is 0.0698. The average molecular weight is 299 g/mol. The van der Waals surface area contributed by atoms with E-state index in [0.717, 1.165) is 0 Å². The molecule has 0 spiro atoms. The molecule has 0 aliphatic heterocycles. The number of nitrogen functional groups attached to an aromatic ring is 1. The molecule has 0 aliphatic rings. The largest absolute Gasteiger partial charge is 0.478 e. The van der Waals surface area contributed by atoms with Gasteiger partial charge in [-0.15, -0.1) is 11.3 Å². The van der Waals surface area contributed by atoms with Crippen molar-refractivity contribution in [3.8, 4) is 0 Å². The Hall–Kier alpha value is -2.59. The van der Waals surface area contributed by atoms with E-state index in [2.05, 4.69) is 26.3 Å². The number of carboxylic acid groups (broad SMARTS) is 1. The number of anilines is 1. The third-order valence-corrected chi connectivity index (χ3v) is 3.77. The molecular weight excluding hydrogens is 282 g/mol. The van der Waals surface area contributed by atoms with Gasteiger partial charge in [-0.2, -0.15) is 0 Å². The Labute approximate surface area is 128 Å². The van der Waals surface area contributed by atoms with Gasteiger partial charge in [0.05, 0.1) is 0 Å². The molecule has 4 heteroatoms. The summed E-state index contributed by atoms with van der Waals surface area (Å²) in [7, 11) is 0. The first-order chi connectivity index (χ1) is 9.97.